The second-order valence-electron chi connectivity index (χ2n) is 6.42. The first-order valence-corrected chi connectivity index (χ1v) is 8.40. The molecule has 1 aliphatic carbocycles. The Bertz CT molecular complexity index is 864. The summed E-state index contributed by atoms with van der Waals surface area (Å²) in [7, 11) is 0. The van der Waals surface area contributed by atoms with Gasteiger partial charge in [-0.3, -0.25) is 10.1 Å². The van der Waals surface area contributed by atoms with E-state index < -0.39 is 11.0 Å². The Morgan fingerprint density at radius 3 is 2.76 bits per heavy atom. The van der Waals surface area contributed by atoms with Crippen LogP contribution in [0.2, 0.25) is 0 Å². The molecule has 0 aromatic heterocycles. The number of benzene rings is 2. The summed E-state index contributed by atoms with van der Waals surface area (Å²) in [4.78, 5) is 23.6. The predicted molar refractivity (Wildman–Crippen MR) is 92.6 cm³/mol. The van der Waals surface area contributed by atoms with E-state index in [1.165, 1.54) is 11.6 Å². The van der Waals surface area contributed by atoms with Crippen molar-refractivity contribution in [3.05, 3.63) is 69.3 Å². The van der Waals surface area contributed by atoms with Crippen LogP contribution in [0.15, 0.2) is 42.5 Å². The summed E-state index contributed by atoms with van der Waals surface area (Å²) in [5.74, 6) is -0.401. The number of nitro benzene ring substituents is 1. The number of carbonyl (C=O) groups is 1. The molecule has 0 bridgehead atoms. The smallest absolute Gasteiger partial charge is 0.328 e. The lowest BCUT2D eigenvalue weighted by atomic mass is 9.77. The van der Waals surface area contributed by atoms with E-state index in [9.17, 15) is 14.9 Å². The van der Waals surface area contributed by atoms with Crippen molar-refractivity contribution in [2.45, 2.75) is 25.3 Å². The number of ether oxygens (including phenoxy) is 1. The minimum Gasteiger partial charge on any atom is -0.464 e. The molecular weight excluding hydrogens is 320 g/mol. The van der Waals surface area contributed by atoms with Gasteiger partial charge in [0.25, 0.3) is 5.69 Å². The SMILES string of the molecule is CCOC(=O)[C@H]1Nc2c(cccc2[N+](=O)[O-])C2c3ccccc3CC21. The van der Waals surface area contributed by atoms with Crippen LogP contribution in [0.5, 0.6) is 0 Å². The van der Waals surface area contributed by atoms with E-state index in [2.05, 4.69) is 17.4 Å². The number of nitrogens with zero attached hydrogens (tertiary/aromatic N) is 1. The fraction of sp³-hybridized carbons (Fsp3) is 0.316. The first-order valence-electron chi connectivity index (χ1n) is 8.40. The van der Waals surface area contributed by atoms with Gasteiger partial charge in [-0.15, -0.1) is 0 Å². The summed E-state index contributed by atoms with van der Waals surface area (Å²) in [6.07, 6.45) is 0.749. The topological polar surface area (TPSA) is 81.5 Å². The molecule has 0 radical (unpaired) electrons. The molecule has 2 aliphatic rings. The van der Waals surface area contributed by atoms with Crippen molar-refractivity contribution in [2.75, 3.05) is 11.9 Å². The Hall–Kier alpha value is -2.89. The van der Waals surface area contributed by atoms with Gasteiger partial charge < -0.3 is 10.1 Å². The highest BCUT2D eigenvalue weighted by Gasteiger charge is 2.47. The van der Waals surface area contributed by atoms with Crippen LogP contribution in [0.25, 0.3) is 0 Å². The average molecular weight is 338 g/mol. The molecule has 0 fully saturated rings. The lowest BCUT2D eigenvalue weighted by Gasteiger charge is -2.35. The molecule has 6 heteroatoms. The number of esters is 1. The molecule has 1 N–H and O–H groups in total. The number of fused-ring (bicyclic) bond motifs is 5. The van der Waals surface area contributed by atoms with Crippen molar-refractivity contribution in [3.8, 4) is 0 Å². The molecule has 2 aromatic carbocycles. The first kappa shape index (κ1) is 15.6. The van der Waals surface area contributed by atoms with Crippen LogP contribution in [0.3, 0.4) is 0 Å². The number of rotatable bonds is 3. The Morgan fingerprint density at radius 1 is 1.24 bits per heavy atom. The van der Waals surface area contributed by atoms with Gasteiger partial charge >= 0.3 is 5.97 Å². The molecular formula is C19H18N2O4. The maximum Gasteiger partial charge on any atom is 0.328 e. The van der Waals surface area contributed by atoms with Crippen molar-refractivity contribution in [3.63, 3.8) is 0 Å². The van der Waals surface area contributed by atoms with Gasteiger partial charge in [0.05, 0.1) is 11.5 Å². The van der Waals surface area contributed by atoms with Crippen LogP contribution in [0.4, 0.5) is 11.4 Å². The van der Waals surface area contributed by atoms with Gasteiger partial charge in [-0.05, 0) is 30.0 Å². The zero-order valence-electron chi connectivity index (χ0n) is 13.8. The zero-order chi connectivity index (χ0) is 17.6. The van der Waals surface area contributed by atoms with E-state index in [0.29, 0.717) is 5.69 Å². The Balaban J connectivity index is 1.89. The van der Waals surface area contributed by atoms with Crippen molar-refractivity contribution >= 4 is 17.3 Å². The zero-order valence-corrected chi connectivity index (χ0v) is 13.8. The van der Waals surface area contributed by atoms with Crippen LogP contribution >= 0.6 is 0 Å². The van der Waals surface area contributed by atoms with Crippen molar-refractivity contribution in [1.82, 2.24) is 0 Å². The lowest BCUT2D eigenvalue weighted by molar-refractivity contribution is -0.384. The Kier molecular flexibility index (Phi) is 3.67. The quantitative estimate of drug-likeness (QED) is 0.528. The third-order valence-electron chi connectivity index (χ3n) is 5.15. The molecule has 0 saturated carbocycles. The normalized spacial score (nSPS) is 23.0. The van der Waals surface area contributed by atoms with Gasteiger partial charge in [0.1, 0.15) is 11.7 Å². The van der Waals surface area contributed by atoms with E-state index in [1.54, 1.807) is 13.0 Å². The molecule has 4 rings (SSSR count). The molecule has 128 valence electrons. The van der Waals surface area contributed by atoms with Crippen molar-refractivity contribution in [2.24, 2.45) is 5.92 Å². The van der Waals surface area contributed by atoms with Crippen LogP contribution < -0.4 is 5.32 Å². The van der Waals surface area contributed by atoms with E-state index in [0.717, 1.165) is 17.5 Å². The summed E-state index contributed by atoms with van der Waals surface area (Å²) in [5.41, 5.74) is 3.64. The number of anilines is 1. The molecule has 2 aromatic rings. The van der Waals surface area contributed by atoms with Crippen LogP contribution in [0, 0.1) is 16.0 Å². The molecule has 1 heterocycles. The van der Waals surface area contributed by atoms with E-state index in [4.69, 9.17) is 4.74 Å². The summed E-state index contributed by atoms with van der Waals surface area (Å²) >= 11 is 0. The van der Waals surface area contributed by atoms with Crippen molar-refractivity contribution < 1.29 is 14.5 Å². The van der Waals surface area contributed by atoms with Gasteiger partial charge in [-0.25, -0.2) is 4.79 Å². The van der Waals surface area contributed by atoms with Gasteiger partial charge in [0.2, 0.25) is 0 Å². The van der Waals surface area contributed by atoms with Gasteiger partial charge in [-0.1, -0.05) is 36.4 Å². The first-order chi connectivity index (χ1) is 12.1. The standard InChI is InChI=1S/C19H18N2O4/c1-2-25-19(22)18-14-10-11-6-3-4-7-12(11)16(14)13-8-5-9-15(21(23)24)17(13)20-18/h3-9,14,16,18,20H,2,10H2,1H3/t14?,16?,18-/m0/s1. The molecule has 0 spiro atoms. The van der Waals surface area contributed by atoms with E-state index >= 15 is 0 Å². The number of nitrogens with one attached hydrogen (secondary N) is 1. The number of hydrogen-bond donors (Lipinski definition) is 1. The minimum absolute atomic E-state index is 0.00497. The molecule has 6 nitrogen and oxygen atoms in total. The molecule has 3 atom stereocenters. The van der Waals surface area contributed by atoms with Crippen molar-refractivity contribution in [1.29, 1.82) is 0 Å². The Morgan fingerprint density at radius 2 is 2.00 bits per heavy atom. The third kappa shape index (κ3) is 2.36. The summed E-state index contributed by atoms with van der Waals surface area (Å²) in [6, 6.07) is 12.6. The minimum atomic E-state index is -0.592. The monoisotopic (exact) mass is 338 g/mol. The summed E-state index contributed by atoms with van der Waals surface area (Å²) < 4.78 is 5.23. The maximum atomic E-state index is 12.5. The highest BCUT2D eigenvalue weighted by Crippen LogP contribution is 2.51. The molecule has 0 saturated heterocycles. The lowest BCUT2D eigenvalue weighted by Crippen LogP contribution is -2.44. The van der Waals surface area contributed by atoms with Gasteiger partial charge in [0.15, 0.2) is 0 Å². The highest BCUT2D eigenvalue weighted by molar-refractivity contribution is 5.85. The third-order valence-corrected chi connectivity index (χ3v) is 5.15. The van der Waals surface area contributed by atoms with Gasteiger partial charge in [0, 0.05) is 17.9 Å². The fourth-order valence-electron chi connectivity index (χ4n) is 4.19. The van der Waals surface area contributed by atoms with Crippen LogP contribution in [0.1, 0.15) is 29.5 Å². The summed E-state index contributed by atoms with van der Waals surface area (Å²) in [5, 5.41) is 14.6. The van der Waals surface area contributed by atoms with Crippen LogP contribution in [-0.4, -0.2) is 23.5 Å². The number of carbonyl (C=O) groups excluding carboxylic acids is 1. The van der Waals surface area contributed by atoms with Crippen LogP contribution in [-0.2, 0) is 16.0 Å². The fourth-order valence-corrected chi connectivity index (χ4v) is 4.19. The maximum absolute atomic E-state index is 12.5. The highest BCUT2D eigenvalue weighted by atomic mass is 16.6. The molecule has 1 aliphatic heterocycles. The molecule has 0 amide bonds. The molecule has 25 heavy (non-hydrogen) atoms. The number of nitro groups is 1. The molecule has 2 unspecified atom stereocenters. The average Bonchev–Trinajstić information content (AvgIpc) is 3.00. The Labute approximate surface area is 145 Å². The predicted octanol–water partition coefficient (Wildman–Crippen LogP) is 3.26. The number of para-hydroxylation sites is 1. The second-order valence-corrected chi connectivity index (χ2v) is 6.42. The second kappa shape index (κ2) is 5.88. The summed E-state index contributed by atoms with van der Waals surface area (Å²) in [6.45, 7) is 2.04. The number of hydrogen-bond acceptors (Lipinski definition) is 5. The van der Waals surface area contributed by atoms with Gasteiger partial charge in [-0.2, -0.15) is 0 Å². The largest absolute Gasteiger partial charge is 0.464 e. The van der Waals surface area contributed by atoms with E-state index in [1.807, 2.05) is 18.2 Å². The van der Waals surface area contributed by atoms with E-state index in [-0.39, 0.29) is 30.1 Å².